The molecular formula is C17H25ClN2O2. The Bertz CT molecular complexity index is 519. The zero-order chi connectivity index (χ0) is 16.1. The van der Waals surface area contributed by atoms with Crippen LogP contribution in [0.1, 0.15) is 32.3 Å². The fourth-order valence-corrected chi connectivity index (χ4v) is 3.35. The highest BCUT2D eigenvalue weighted by atomic mass is 35.5. The number of amides is 2. The van der Waals surface area contributed by atoms with Crippen LogP contribution in [0.4, 0.5) is 10.5 Å². The number of benzene rings is 1. The van der Waals surface area contributed by atoms with Crippen molar-refractivity contribution in [2.24, 2.45) is 11.8 Å². The molecule has 0 saturated heterocycles. The molecule has 1 aromatic carbocycles. The van der Waals surface area contributed by atoms with Gasteiger partial charge in [-0.05, 0) is 48.8 Å². The number of nitrogens with zero attached hydrogens (tertiary/aromatic N) is 1. The van der Waals surface area contributed by atoms with Gasteiger partial charge in [0.05, 0.1) is 5.69 Å². The molecule has 22 heavy (non-hydrogen) atoms. The molecule has 2 amide bonds. The van der Waals surface area contributed by atoms with E-state index in [1.807, 2.05) is 18.2 Å². The van der Waals surface area contributed by atoms with Crippen LogP contribution in [0.25, 0.3) is 0 Å². The molecule has 1 heterocycles. The van der Waals surface area contributed by atoms with Gasteiger partial charge in [-0.25, -0.2) is 4.79 Å². The molecule has 0 bridgehead atoms. The van der Waals surface area contributed by atoms with Crippen LogP contribution in [0, 0.1) is 11.8 Å². The fraction of sp³-hybridized carbons (Fsp3) is 0.588. The van der Waals surface area contributed by atoms with Crippen molar-refractivity contribution in [2.45, 2.75) is 33.1 Å². The molecule has 1 aliphatic rings. The monoisotopic (exact) mass is 324 g/mol. The molecular weight excluding hydrogens is 300 g/mol. The van der Waals surface area contributed by atoms with Crippen molar-refractivity contribution in [3.63, 3.8) is 0 Å². The first-order chi connectivity index (χ1) is 10.5. The Hall–Kier alpha value is -1.26. The topological polar surface area (TPSA) is 52.6 Å². The lowest BCUT2D eigenvalue weighted by molar-refractivity contribution is 0.228. The van der Waals surface area contributed by atoms with Gasteiger partial charge in [0.15, 0.2) is 0 Å². The van der Waals surface area contributed by atoms with E-state index < -0.39 is 0 Å². The van der Waals surface area contributed by atoms with Crippen LogP contribution in [0.5, 0.6) is 0 Å². The minimum Gasteiger partial charge on any atom is -0.396 e. The second kappa shape index (κ2) is 7.84. The van der Waals surface area contributed by atoms with Gasteiger partial charge in [-0.1, -0.05) is 31.5 Å². The lowest BCUT2D eigenvalue weighted by atomic mass is 9.94. The molecule has 2 N–H and O–H groups in total. The van der Waals surface area contributed by atoms with Crippen LogP contribution in [-0.2, 0) is 6.42 Å². The van der Waals surface area contributed by atoms with Gasteiger partial charge in [0.1, 0.15) is 0 Å². The van der Waals surface area contributed by atoms with E-state index in [9.17, 15) is 4.79 Å². The van der Waals surface area contributed by atoms with Gasteiger partial charge in [-0.3, -0.25) is 4.90 Å². The highest BCUT2D eigenvalue weighted by Gasteiger charge is 2.26. The first-order valence-electron chi connectivity index (χ1n) is 7.96. The van der Waals surface area contributed by atoms with Crippen molar-refractivity contribution in [3.05, 3.63) is 28.8 Å². The minimum absolute atomic E-state index is 0.0762. The molecule has 0 aliphatic carbocycles. The number of urea groups is 1. The van der Waals surface area contributed by atoms with Crippen molar-refractivity contribution < 1.29 is 9.90 Å². The van der Waals surface area contributed by atoms with E-state index in [0.29, 0.717) is 24.9 Å². The van der Waals surface area contributed by atoms with Gasteiger partial charge in [0.25, 0.3) is 0 Å². The summed E-state index contributed by atoms with van der Waals surface area (Å²) in [5.74, 6) is 0.871. The standard InChI is InChI=1S/C17H25ClN2O2/c1-12(2)10-13(7-9-21)11-19-17(22)20-8-6-14-15(18)4-3-5-16(14)20/h3-5,12-13,21H,6-11H2,1-2H3,(H,19,22). The number of anilines is 1. The van der Waals surface area contributed by atoms with Gasteiger partial charge in [-0.15, -0.1) is 0 Å². The van der Waals surface area contributed by atoms with E-state index in [2.05, 4.69) is 19.2 Å². The smallest absolute Gasteiger partial charge is 0.321 e. The Kier molecular flexibility index (Phi) is 6.09. The maximum atomic E-state index is 12.4. The summed E-state index contributed by atoms with van der Waals surface area (Å²) in [7, 11) is 0. The number of halogens is 1. The summed E-state index contributed by atoms with van der Waals surface area (Å²) >= 11 is 6.18. The van der Waals surface area contributed by atoms with Crippen molar-refractivity contribution >= 4 is 23.3 Å². The van der Waals surface area contributed by atoms with E-state index in [0.717, 1.165) is 35.5 Å². The Morgan fingerprint density at radius 1 is 1.45 bits per heavy atom. The summed E-state index contributed by atoms with van der Waals surface area (Å²) in [6, 6.07) is 5.60. The quantitative estimate of drug-likeness (QED) is 0.842. The zero-order valence-electron chi connectivity index (χ0n) is 13.3. The predicted octanol–water partition coefficient (Wildman–Crippen LogP) is 3.46. The van der Waals surface area contributed by atoms with Gasteiger partial charge in [0.2, 0.25) is 0 Å². The molecule has 0 spiro atoms. The molecule has 1 aliphatic heterocycles. The van der Waals surface area contributed by atoms with Crippen LogP contribution in [0.3, 0.4) is 0 Å². The summed E-state index contributed by atoms with van der Waals surface area (Å²) in [5.41, 5.74) is 1.96. The molecule has 0 saturated carbocycles. The van der Waals surface area contributed by atoms with Gasteiger partial charge in [-0.2, -0.15) is 0 Å². The highest BCUT2D eigenvalue weighted by Crippen LogP contribution is 2.33. The summed E-state index contributed by atoms with van der Waals surface area (Å²) < 4.78 is 0. The van der Waals surface area contributed by atoms with E-state index >= 15 is 0 Å². The third-order valence-electron chi connectivity index (χ3n) is 4.10. The minimum atomic E-state index is -0.0762. The van der Waals surface area contributed by atoms with Gasteiger partial charge < -0.3 is 10.4 Å². The number of hydrogen-bond acceptors (Lipinski definition) is 2. The number of fused-ring (bicyclic) bond motifs is 1. The molecule has 2 rings (SSSR count). The molecule has 0 radical (unpaired) electrons. The first kappa shape index (κ1) is 17.1. The maximum Gasteiger partial charge on any atom is 0.321 e. The second-order valence-corrected chi connectivity index (χ2v) is 6.74. The Morgan fingerprint density at radius 2 is 2.23 bits per heavy atom. The third-order valence-corrected chi connectivity index (χ3v) is 4.45. The summed E-state index contributed by atoms with van der Waals surface area (Å²) in [6.45, 7) is 5.74. The number of rotatable bonds is 6. The lowest BCUT2D eigenvalue weighted by Crippen LogP contribution is -2.41. The van der Waals surface area contributed by atoms with Crippen molar-refractivity contribution in [2.75, 3.05) is 24.6 Å². The number of nitrogens with one attached hydrogen (secondary N) is 1. The molecule has 1 unspecified atom stereocenters. The Morgan fingerprint density at radius 3 is 2.91 bits per heavy atom. The van der Waals surface area contributed by atoms with E-state index in [1.54, 1.807) is 4.90 Å². The van der Waals surface area contributed by atoms with Crippen molar-refractivity contribution in [3.8, 4) is 0 Å². The molecule has 5 heteroatoms. The second-order valence-electron chi connectivity index (χ2n) is 6.33. The molecule has 0 aromatic heterocycles. The summed E-state index contributed by atoms with van der Waals surface area (Å²) in [4.78, 5) is 14.2. The largest absolute Gasteiger partial charge is 0.396 e. The van der Waals surface area contributed by atoms with E-state index in [-0.39, 0.29) is 12.6 Å². The van der Waals surface area contributed by atoms with E-state index in [1.165, 1.54) is 0 Å². The fourth-order valence-electron chi connectivity index (χ4n) is 3.08. The van der Waals surface area contributed by atoms with Gasteiger partial charge in [0, 0.05) is 24.7 Å². The molecule has 1 atom stereocenters. The number of aliphatic hydroxyl groups excluding tert-OH is 1. The first-order valence-corrected chi connectivity index (χ1v) is 8.34. The average molecular weight is 325 g/mol. The Labute approximate surface area is 137 Å². The molecule has 1 aromatic rings. The number of carbonyl (C=O) groups excluding carboxylic acids is 1. The zero-order valence-corrected chi connectivity index (χ0v) is 14.1. The summed E-state index contributed by atoms with van der Waals surface area (Å²) in [5, 5.41) is 12.9. The predicted molar refractivity (Wildman–Crippen MR) is 90.5 cm³/mol. The Balaban J connectivity index is 1.95. The SMILES string of the molecule is CC(C)CC(CCO)CNC(=O)N1CCc2c(Cl)cccc21. The molecule has 4 nitrogen and oxygen atoms in total. The number of carbonyl (C=O) groups is 1. The number of hydrogen-bond donors (Lipinski definition) is 2. The van der Waals surface area contributed by atoms with Crippen molar-refractivity contribution in [1.29, 1.82) is 0 Å². The molecule has 122 valence electrons. The third kappa shape index (κ3) is 4.14. The highest BCUT2D eigenvalue weighted by molar-refractivity contribution is 6.32. The van der Waals surface area contributed by atoms with Crippen molar-refractivity contribution in [1.82, 2.24) is 5.32 Å². The van der Waals surface area contributed by atoms with Crippen LogP contribution >= 0.6 is 11.6 Å². The van der Waals surface area contributed by atoms with E-state index in [4.69, 9.17) is 16.7 Å². The van der Waals surface area contributed by atoms with Crippen LogP contribution in [-0.4, -0.2) is 30.8 Å². The average Bonchev–Trinajstić information content (AvgIpc) is 2.89. The van der Waals surface area contributed by atoms with Crippen LogP contribution in [0.2, 0.25) is 5.02 Å². The molecule has 0 fully saturated rings. The maximum absolute atomic E-state index is 12.4. The number of aliphatic hydroxyl groups is 1. The van der Waals surface area contributed by atoms with Crippen LogP contribution in [0.15, 0.2) is 18.2 Å². The van der Waals surface area contributed by atoms with Crippen LogP contribution < -0.4 is 10.2 Å². The lowest BCUT2D eigenvalue weighted by Gasteiger charge is -2.22. The normalized spacial score (nSPS) is 15.0. The summed E-state index contributed by atoms with van der Waals surface area (Å²) in [6.07, 6.45) is 2.53. The van der Waals surface area contributed by atoms with Gasteiger partial charge >= 0.3 is 6.03 Å².